The summed E-state index contributed by atoms with van der Waals surface area (Å²) < 4.78 is 11.4. The largest absolute Gasteiger partial charge is 0.465 e. The van der Waals surface area contributed by atoms with Gasteiger partial charge in [-0.05, 0) is 67.5 Å². The smallest absolute Gasteiger partial charge is 0.348 e. The fraction of sp³-hybridized carbons (Fsp3) is 0.290. The molecule has 7 nitrogen and oxygen atoms in total. The number of nitrogens with zero attached hydrogens (tertiary/aromatic N) is 2. The highest BCUT2D eigenvalue weighted by Crippen LogP contribution is 2.41. The lowest BCUT2D eigenvalue weighted by Gasteiger charge is -2.06. The van der Waals surface area contributed by atoms with Crippen LogP contribution in [0.15, 0.2) is 60.7 Å². The van der Waals surface area contributed by atoms with Gasteiger partial charge in [0.25, 0.3) is 0 Å². The topological polar surface area (TPSA) is 87.5 Å². The van der Waals surface area contributed by atoms with E-state index in [0.717, 1.165) is 47.0 Å². The summed E-state index contributed by atoms with van der Waals surface area (Å²) in [6, 6.07) is 19.5. The van der Waals surface area contributed by atoms with Crippen LogP contribution in [0.25, 0.3) is 10.6 Å². The number of hydrogen-bond acceptors (Lipinski definition) is 8. The first kappa shape index (κ1) is 27.6. The SMILES string of the molecule is COC(=O)c1ccc(-c2cc(C3CC3)nn2Cc2ccccc2)s1.COC(=O)c1ccc(C(=O)C#CC2CC2)s1. The standard InChI is InChI=1S/C19H18N2O2S.C12H10O3S/c1-23-19(22)18-10-9-17(24-18)16-11-15(14-7-8-14)20-21(16)12-13-5-3-2-4-6-13;1-15-12(14)11-7-6-10(16-11)9(13)5-4-8-2-3-8/h2-6,9-11,14H,7-8,12H2,1H3;6-8H,2-3H2,1H3. The molecule has 0 aliphatic heterocycles. The Labute approximate surface area is 240 Å². The molecule has 4 aromatic rings. The summed E-state index contributed by atoms with van der Waals surface area (Å²) in [5.41, 5.74) is 3.45. The molecule has 0 amide bonds. The van der Waals surface area contributed by atoms with Crippen molar-refractivity contribution in [2.24, 2.45) is 5.92 Å². The third-order valence-electron chi connectivity index (χ3n) is 6.40. The lowest BCUT2D eigenvalue weighted by atomic mass is 10.2. The predicted molar refractivity (Wildman–Crippen MR) is 155 cm³/mol. The molecule has 0 bridgehead atoms. The first-order valence-electron chi connectivity index (χ1n) is 13.0. The number of carbonyl (C=O) groups excluding carboxylic acids is 3. The minimum Gasteiger partial charge on any atom is -0.465 e. The van der Waals surface area contributed by atoms with Crippen LogP contribution < -0.4 is 0 Å². The van der Waals surface area contributed by atoms with Gasteiger partial charge < -0.3 is 9.47 Å². The van der Waals surface area contributed by atoms with E-state index in [0.29, 0.717) is 26.5 Å². The normalized spacial score (nSPS) is 13.8. The molecule has 204 valence electrons. The Hall–Kier alpha value is -4.00. The van der Waals surface area contributed by atoms with Crippen LogP contribution in [0, 0.1) is 17.8 Å². The number of rotatable bonds is 7. The maximum atomic E-state index is 11.7. The van der Waals surface area contributed by atoms with Crippen LogP contribution in [0.1, 0.15) is 71.9 Å². The van der Waals surface area contributed by atoms with Crippen molar-refractivity contribution in [1.82, 2.24) is 9.78 Å². The van der Waals surface area contributed by atoms with E-state index in [9.17, 15) is 14.4 Å². The van der Waals surface area contributed by atoms with Crippen molar-refractivity contribution in [1.29, 1.82) is 0 Å². The molecule has 6 rings (SSSR count). The fourth-order valence-electron chi connectivity index (χ4n) is 3.90. The Morgan fingerprint density at radius 1 is 0.875 bits per heavy atom. The van der Waals surface area contributed by atoms with Crippen LogP contribution in [0.5, 0.6) is 0 Å². The molecular formula is C31H28N2O5S2. The number of methoxy groups -OCH3 is 2. The molecule has 2 aliphatic rings. The predicted octanol–water partition coefficient (Wildman–Crippen LogP) is 6.45. The van der Waals surface area contributed by atoms with Crippen LogP contribution in [-0.4, -0.2) is 41.7 Å². The van der Waals surface area contributed by atoms with Crippen LogP contribution in [0.4, 0.5) is 0 Å². The lowest BCUT2D eigenvalue weighted by molar-refractivity contribution is 0.0597. The van der Waals surface area contributed by atoms with Crippen molar-refractivity contribution in [3.8, 4) is 22.4 Å². The second-order valence-electron chi connectivity index (χ2n) is 9.56. The second-order valence-corrected chi connectivity index (χ2v) is 11.7. The van der Waals surface area contributed by atoms with E-state index >= 15 is 0 Å². The summed E-state index contributed by atoms with van der Waals surface area (Å²) in [4.78, 5) is 37.1. The van der Waals surface area contributed by atoms with Gasteiger partial charge in [-0.25, -0.2) is 9.59 Å². The highest BCUT2D eigenvalue weighted by molar-refractivity contribution is 7.17. The van der Waals surface area contributed by atoms with Crippen LogP contribution >= 0.6 is 22.7 Å². The Kier molecular flexibility index (Phi) is 8.58. The number of hydrogen-bond donors (Lipinski definition) is 0. The van der Waals surface area contributed by atoms with Crippen molar-refractivity contribution >= 4 is 40.4 Å². The summed E-state index contributed by atoms with van der Waals surface area (Å²) >= 11 is 2.57. The number of benzene rings is 1. The molecule has 0 spiro atoms. The Bertz CT molecular complexity index is 1580. The summed E-state index contributed by atoms with van der Waals surface area (Å²) in [5, 5.41) is 4.83. The van der Waals surface area contributed by atoms with Gasteiger partial charge in [-0.15, -0.1) is 22.7 Å². The van der Waals surface area contributed by atoms with Crippen molar-refractivity contribution in [2.45, 2.75) is 38.1 Å². The zero-order valence-electron chi connectivity index (χ0n) is 22.2. The second kappa shape index (κ2) is 12.5. The molecule has 2 fully saturated rings. The van der Waals surface area contributed by atoms with Gasteiger partial charge in [0, 0.05) is 11.8 Å². The van der Waals surface area contributed by atoms with Crippen molar-refractivity contribution in [3.63, 3.8) is 0 Å². The number of carbonyl (C=O) groups is 3. The number of esters is 2. The van der Waals surface area contributed by atoms with Crippen molar-refractivity contribution in [2.75, 3.05) is 14.2 Å². The Morgan fingerprint density at radius 3 is 2.17 bits per heavy atom. The van der Waals surface area contributed by atoms with Gasteiger partial charge in [0.1, 0.15) is 9.75 Å². The van der Waals surface area contributed by atoms with E-state index < -0.39 is 5.97 Å². The van der Waals surface area contributed by atoms with E-state index in [1.807, 2.05) is 30.3 Å². The van der Waals surface area contributed by atoms with Gasteiger partial charge in [0.2, 0.25) is 5.78 Å². The third-order valence-corrected chi connectivity index (χ3v) is 8.55. The average molecular weight is 573 g/mol. The third kappa shape index (κ3) is 6.95. The van der Waals surface area contributed by atoms with Gasteiger partial charge in [-0.2, -0.15) is 5.10 Å². The summed E-state index contributed by atoms with van der Waals surface area (Å²) in [6.45, 7) is 0.731. The van der Waals surface area contributed by atoms with Gasteiger partial charge in [0.05, 0.1) is 41.9 Å². The number of ketones is 1. The number of thiophene rings is 2. The molecule has 0 atom stereocenters. The maximum absolute atomic E-state index is 11.7. The van der Waals surface area contributed by atoms with Crippen LogP contribution in [0.3, 0.4) is 0 Å². The molecular weight excluding hydrogens is 544 g/mol. The highest BCUT2D eigenvalue weighted by Gasteiger charge is 2.28. The lowest BCUT2D eigenvalue weighted by Crippen LogP contribution is -2.03. The molecule has 0 saturated heterocycles. The first-order chi connectivity index (χ1) is 19.4. The number of aromatic nitrogens is 2. The van der Waals surface area contributed by atoms with Gasteiger partial charge in [0.15, 0.2) is 0 Å². The summed E-state index contributed by atoms with van der Waals surface area (Å²) in [6.07, 6.45) is 4.63. The molecule has 2 aliphatic carbocycles. The number of Topliss-reactive ketones (excluding diaryl/α,β-unsaturated/α-hetero) is 1. The van der Waals surface area contributed by atoms with Gasteiger partial charge >= 0.3 is 11.9 Å². The van der Waals surface area contributed by atoms with Gasteiger partial charge in [-0.1, -0.05) is 36.3 Å². The molecule has 0 radical (unpaired) electrons. The van der Waals surface area contributed by atoms with Crippen molar-refractivity contribution < 1.29 is 23.9 Å². The van der Waals surface area contributed by atoms with E-state index in [4.69, 9.17) is 9.84 Å². The van der Waals surface area contributed by atoms with Crippen LogP contribution in [-0.2, 0) is 16.0 Å². The molecule has 3 heterocycles. The molecule has 0 N–H and O–H groups in total. The molecule has 2 saturated carbocycles. The van der Waals surface area contributed by atoms with E-state index in [1.54, 1.807) is 12.1 Å². The summed E-state index contributed by atoms with van der Waals surface area (Å²) in [7, 11) is 2.73. The van der Waals surface area contributed by atoms with Gasteiger partial charge in [-0.3, -0.25) is 9.48 Å². The van der Waals surface area contributed by atoms with Crippen molar-refractivity contribution in [3.05, 3.63) is 86.6 Å². The maximum Gasteiger partial charge on any atom is 0.348 e. The molecule has 40 heavy (non-hydrogen) atoms. The molecule has 3 aromatic heterocycles. The Morgan fingerprint density at radius 2 is 1.52 bits per heavy atom. The van der Waals surface area contributed by atoms with E-state index in [2.05, 4.69) is 39.5 Å². The molecule has 0 unspecified atom stereocenters. The first-order valence-corrected chi connectivity index (χ1v) is 14.6. The zero-order valence-corrected chi connectivity index (χ0v) is 23.8. The number of ether oxygens (including phenoxy) is 2. The van der Waals surface area contributed by atoms with Crippen LogP contribution in [0.2, 0.25) is 0 Å². The molecule has 9 heteroatoms. The van der Waals surface area contributed by atoms with E-state index in [1.165, 1.54) is 44.0 Å². The zero-order chi connectivity index (χ0) is 28.1. The van der Waals surface area contributed by atoms with E-state index in [-0.39, 0.29) is 11.8 Å². The summed E-state index contributed by atoms with van der Waals surface area (Å²) in [5.74, 6) is 5.58. The monoisotopic (exact) mass is 572 g/mol. The fourth-order valence-corrected chi connectivity index (χ4v) is 5.67. The quantitative estimate of drug-likeness (QED) is 0.109. The minimum atomic E-state index is -0.417. The molecule has 1 aromatic carbocycles. The average Bonchev–Trinajstić information content (AvgIpc) is 3.85. The highest BCUT2D eigenvalue weighted by atomic mass is 32.1. The minimum absolute atomic E-state index is 0.216. The Balaban J connectivity index is 0.000000176.